The highest BCUT2D eigenvalue weighted by Crippen LogP contribution is 2.14. The van der Waals surface area contributed by atoms with E-state index in [1.54, 1.807) is 11.4 Å². The maximum atomic E-state index is 12.3. The van der Waals surface area contributed by atoms with E-state index in [0.717, 1.165) is 12.8 Å². The lowest BCUT2D eigenvalue weighted by atomic mass is 10.0. The number of nitrogens with zero attached hydrogens (tertiary/aromatic N) is 1. The third-order valence-electron chi connectivity index (χ3n) is 4.63. The van der Waals surface area contributed by atoms with Gasteiger partial charge in [-0.15, -0.1) is 11.3 Å². The van der Waals surface area contributed by atoms with Crippen LogP contribution in [0.15, 0.2) is 40.5 Å². The number of benzene rings is 1. The van der Waals surface area contributed by atoms with Crippen LogP contribution in [-0.2, 0) is 22.6 Å². The van der Waals surface area contributed by atoms with Gasteiger partial charge in [-0.3, -0.25) is 14.4 Å². The summed E-state index contributed by atoms with van der Waals surface area (Å²) in [5.41, 5.74) is 2.16. The van der Waals surface area contributed by atoms with E-state index >= 15 is 0 Å². The van der Waals surface area contributed by atoms with Gasteiger partial charge in [0.05, 0.1) is 11.9 Å². The number of hydrogen-bond acceptors (Lipinski definition) is 6. The van der Waals surface area contributed by atoms with Gasteiger partial charge in [-0.05, 0) is 29.9 Å². The molecule has 0 saturated carbocycles. The van der Waals surface area contributed by atoms with Gasteiger partial charge in [-0.2, -0.15) is 0 Å². The molecule has 6 nitrogen and oxygen atoms in total. The SMILES string of the molecule is CCCCCc1ccc(C(=O)CCC(=O)OCc2nc3ccsc3c(=O)[nH]2)cc1. The molecule has 2 aromatic heterocycles. The lowest BCUT2D eigenvalue weighted by molar-refractivity contribution is -0.145. The number of hydrogen-bond donors (Lipinski definition) is 1. The second-order valence-corrected chi connectivity index (χ2v) is 7.80. The van der Waals surface area contributed by atoms with Crippen LogP contribution in [0.3, 0.4) is 0 Å². The molecule has 29 heavy (non-hydrogen) atoms. The van der Waals surface area contributed by atoms with Crippen LogP contribution in [0.2, 0.25) is 0 Å². The first-order valence-corrected chi connectivity index (χ1v) is 10.7. The van der Waals surface area contributed by atoms with Crippen molar-refractivity contribution < 1.29 is 14.3 Å². The first kappa shape index (κ1) is 20.9. The Morgan fingerprint density at radius 2 is 1.90 bits per heavy atom. The molecule has 2 heterocycles. The fourth-order valence-electron chi connectivity index (χ4n) is 3.01. The van der Waals surface area contributed by atoms with Crippen molar-refractivity contribution in [3.8, 4) is 0 Å². The van der Waals surface area contributed by atoms with Gasteiger partial charge in [0.15, 0.2) is 5.78 Å². The Balaban J connectivity index is 1.45. The number of ketones is 1. The molecular formula is C22H24N2O4S. The number of aromatic amines is 1. The molecule has 0 aliphatic rings. The number of ether oxygens (including phenoxy) is 1. The lowest BCUT2D eigenvalue weighted by Gasteiger charge is -2.05. The van der Waals surface area contributed by atoms with Crippen LogP contribution in [0.1, 0.15) is 60.8 Å². The highest BCUT2D eigenvalue weighted by Gasteiger charge is 2.12. The van der Waals surface area contributed by atoms with Crippen LogP contribution >= 0.6 is 11.3 Å². The van der Waals surface area contributed by atoms with E-state index in [9.17, 15) is 14.4 Å². The van der Waals surface area contributed by atoms with E-state index in [2.05, 4.69) is 16.9 Å². The zero-order valence-corrected chi connectivity index (χ0v) is 17.2. The zero-order chi connectivity index (χ0) is 20.6. The maximum absolute atomic E-state index is 12.3. The minimum absolute atomic E-state index is 0.0119. The molecule has 0 aliphatic carbocycles. The van der Waals surface area contributed by atoms with E-state index < -0.39 is 5.97 Å². The normalized spacial score (nSPS) is 10.9. The fourth-order valence-corrected chi connectivity index (χ4v) is 3.73. The van der Waals surface area contributed by atoms with E-state index in [-0.39, 0.29) is 30.8 Å². The topological polar surface area (TPSA) is 89.1 Å². The molecular weight excluding hydrogens is 388 g/mol. The summed E-state index contributed by atoms with van der Waals surface area (Å²) >= 11 is 1.31. The standard InChI is InChI=1S/C22H24N2O4S/c1-2-3-4-5-15-6-8-16(9-7-15)18(25)10-11-20(26)28-14-19-23-17-12-13-29-21(17)22(27)24-19/h6-9,12-13H,2-5,10-11,14H2,1H3,(H,23,24,27). The average molecular weight is 413 g/mol. The quantitative estimate of drug-likeness (QED) is 0.302. The van der Waals surface area contributed by atoms with E-state index in [1.165, 1.54) is 29.7 Å². The summed E-state index contributed by atoms with van der Waals surface area (Å²) in [7, 11) is 0. The van der Waals surface area contributed by atoms with Crippen LogP contribution in [0.5, 0.6) is 0 Å². The molecule has 3 aromatic rings. The number of H-pyrrole nitrogens is 1. The summed E-state index contributed by atoms with van der Waals surface area (Å²) in [5.74, 6) is -0.296. The van der Waals surface area contributed by atoms with Gasteiger partial charge in [0.2, 0.25) is 0 Å². The molecule has 0 saturated heterocycles. The number of unbranched alkanes of at least 4 members (excludes halogenated alkanes) is 2. The largest absolute Gasteiger partial charge is 0.458 e. The van der Waals surface area contributed by atoms with Gasteiger partial charge in [-0.25, -0.2) is 4.98 Å². The predicted octanol–water partition coefficient (Wildman–Crippen LogP) is 4.42. The van der Waals surface area contributed by atoms with E-state index in [1.807, 2.05) is 24.3 Å². The second-order valence-electron chi connectivity index (χ2n) is 6.89. The first-order valence-electron chi connectivity index (χ1n) is 9.81. The third-order valence-corrected chi connectivity index (χ3v) is 5.54. The van der Waals surface area contributed by atoms with Crippen molar-refractivity contribution in [1.29, 1.82) is 0 Å². The molecule has 0 aliphatic heterocycles. The summed E-state index contributed by atoms with van der Waals surface area (Å²) in [6, 6.07) is 9.33. The Bertz CT molecular complexity index is 1040. The molecule has 152 valence electrons. The fraction of sp³-hybridized carbons (Fsp3) is 0.364. The van der Waals surface area contributed by atoms with Crippen molar-refractivity contribution in [2.75, 3.05) is 0 Å². The van der Waals surface area contributed by atoms with Crippen molar-refractivity contribution in [1.82, 2.24) is 9.97 Å². The molecule has 1 aromatic carbocycles. The van der Waals surface area contributed by atoms with Crippen molar-refractivity contribution in [2.24, 2.45) is 0 Å². The molecule has 0 amide bonds. The highest BCUT2D eigenvalue weighted by molar-refractivity contribution is 7.17. The molecule has 0 unspecified atom stereocenters. The Morgan fingerprint density at radius 3 is 2.66 bits per heavy atom. The number of thiophene rings is 1. The average Bonchev–Trinajstić information content (AvgIpc) is 3.20. The van der Waals surface area contributed by atoms with Crippen LogP contribution in [0.4, 0.5) is 0 Å². The van der Waals surface area contributed by atoms with Crippen molar-refractivity contribution in [3.63, 3.8) is 0 Å². The van der Waals surface area contributed by atoms with Gasteiger partial charge in [0, 0.05) is 12.0 Å². The van der Waals surface area contributed by atoms with Crippen molar-refractivity contribution >= 4 is 33.3 Å². The first-order chi connectivity index (χ1) is 14.1. The second kappa shape index (κ2) is 10.1. The lowest BCUT2D eigenvalue weighted by Crippen LogP contribution is -2.14. The molecule has 7 heteroatoms. The Hall–Kier alpha value is -2.80. The maximum Gasteiger partial charge on any atom is 0.306 e. The zero-order valence-electron chi connectivity index (χ0n) is 16.4. The van der Waals surface area contributed by atoms with Crippen LogP contribution in [0.25, 0.3) is 10.2 Å². The molecule has 0 radical (unpaired) electrons. The molecule has 1 N–H and O–H groups in total. The minimum Gasteiger partial charge on any atom is -0.458 e. The summed E-state index contributed by atoms with van der Waals surface area (Å²) in [4.78, 5) is 43.0. The number of aryl methyl sites for hydroxylation is 1. The molecule has 0 bridgehead atoms. The summed E-state index contributed by atoms with van der Waals surface area (Å²) in [5, 5.41) is 1.78. The van der Waals surface area contributed by atoms with Crippen LogP contribution < -0.4 is 5.56 Å². The van der Waals surface area contributed by atoms with Crippen molar-refractivity contribution in [3.05, 3.63) is 63.0 Å². The number of rotatable bonds is 10. The number of carbonyl (C=O) groups excluding carboxylic acids is 2. The molecule has 0 atom stereocenters. The van der Waals surface area contributed by atoms with Gasteiger partial charge < -0.3 is 9.72 Å². The van der Waals surface area contributed by atoms with Gasteiger partial charge in [0.25, 0.3) is 5.56 Å². The van der Waals surface area contributed by atoms with E-state index in [0.29, 0.717) is 21.6 Å². The van der Waals surface area contributed by atoms with Gasteiger partial charge in [-0.1, -0.05) is 44.0 Å². The number of carbonyl (C=O) groups is 2. The summed E-state index contributed by atoms with van der Waals surface area (Å²) in [6.45, 7) is 2.05. The molecule has 3 rings (SSSR count). The monoisotopic (exact) mass is 412 g/mol. The number of fused-ring (bicyclic) bond motifs is 1. The smallest absolute Gasteiger partial charge is 0.306 e. The van der Waals surface area contributed by atoms with E-state index in [4.69, 9.17) is 4.74 Å². The predicted molar refractivity (Wildman–Crippen MR) is 113 cm³/mol. The Kier molecular flexibility index (Phi) is 7.30. The van der Waals surface area contributed by atoms with Gasteiger partial charge >= 0.3 is 5.97 Å². The number of aromatic nitrogens is 2. The molecule has 0 fully saturated rings. The van der Waals surface area contributed by atoms with Crippen LogP contribution in [0, 0.1) is 0 Å². The Labute approximate surface area is 172 Å². The number of esters is 1. The van der Waals surface area contributed by atoms with Crippen LogP contribution in [-0.4, -0.2) is 21.7 Å². The number of Topliss-reactive ketones (excluding diaryl/α,β-unsaturated/α-hetero) is 1. The molecule has 0 spiro atoms. The van der Waals surface area contributed by atoms with Gasteiger partial charge in [0.1, 0.15) is 17.1 Å². The summed E-state index contributed by atoms with van der Waals surface area (Å²) in [6.07, 6.45) is 4.62. The highest BCUT2D eigenvalue weighted by atomic mass is 32.1. The minimum atomic E-state index is -0.498. The number of nitrogens with one attached hydrogen (secondary N) is 1. The Morgan fingerprint density at radius 1 is 1.10 bits per heavy atom. The summed E-state index contributed by atoms with van der Waals surface area (Å²) < 4.78 is 5.69. The third kappa shape index (κ3) is 5.84. The van der Waals surface area contributed by atoms with Crippen molar-refractivity contribution in [2.45, 2.75) is 52.1 Å².